The predicted octanol–water partition coefficient (Wildman–Crippen LogP) is 6.38. The van der Waals surface area contributed by atoms with Gasteiger partial charge in [-0.2, -0.15) is 0 Å². The summed E-state index contributed by atoms with van der Waals surface area (Å²) >= 11 is 12.4. The van der Waals surface area contributed by atoms with Crippen molar-refractivity contribution in [3.8, 4) is 22.8 Å². The number of anilines is 2. The number of methoxy groups -OCH3 is 1. The molecule has 1 aliphatic rings. The number of nitrogens with zero attached hydrogens (tertiary/aromatic N) is 4. The number of piperazine rings is 1. The summed E-state index contributed by atoms with van der Waals surface area (Å²) < 4.78 is 31.2. The maximum atomic E-state index is 14.1. The Morgan fingerprint density at radius 3 is 2.42 bits per heavy atom. The van der Waals surface area contributed by atoms with Crippen LogP contribution in [0.3, 0.4) is 0 Å². The summed E-state index contributed by atoms with van der Waals surface area (Å²) in [5.41, 5.74) is 7.93. The summed E-state index contributed by atoms with van der Waals surface area (Å²) in [6, 6.07) is 6.22. The van der Waals surface area contributed by atoms with E-state index in [4.69, 9.17) is 43.1 Å². The third-order valence-corrected chi connectivity index (χ3v) is 7.02. The van der Waals surface area contributed by atoms with E-state index in [2.05, 4.69) is 14.9 Å². The molecule has 0 aliphatic carbocycles. The minimum Gasteiger partial charge on any atom is -0.493 e. The lowest BCUT2D eigenvalue weighted by atomic mass is 10.1. The number of ether oxygens (including phenoxy) is 3. The molecule has 40 heavy (non-hydrogen) atoms. The molecule has 12 heteroatoms. The summed E-state index contributed by atoms with van der Waals surface area (Å²) in [6.07, 6.45) is 2.19. The van der Waals surface area contributed by atoms with Crippen molar-refractivity contribution in [1.82, 2.24) is 14.9 Å². The van der Waals surface area contributed by atoms with Gasteiger partial charge in [0, 0.05) is 48.5 Å². The van der Waals surface area contributed by atoms with Gasteiger partial charge in [-0.3, -0.25) is 4.98 Å². The number of pyridine rings is 2. The molecule has 0 spiro atoms. The monoisotopic (exact) mass is 591 g/mol. The number of hydrogen-bond donors (Lipinski definition) is 1. The van der Waals surface area contributed by atoms with E-state index in [1.807, 2.05) is 26.8 Å². The van der Waals surface area contributed by atoms with Crippen LogP contribution < -0.4 is 20.1 Å². The number of hydrogen-bond acceptors (Lipinski definition) is 8. The normalized spacial score (nSPS) is 14.6. The molecule has 0 bridgehead atoms. The van der Waals surface area contributed by atoms with Crippen LogP contribution in [-0.4, -0.2) is 59.9 Å². The molecule has 0 radical (unpaired) electrons. The highest BCUT2D eigenvalue weighted by Crippen LogP contribution is 2.38. The van der Waals surface area contributed by atoms with Gasteiger partial charge in [0.05, 0.1) is 29.7 Å². The Hall–Kier alpha value is -3.50. The van der Waals surface area contributed by atoms with E-state index in [0.29, 0.717) is 48.7 Å². The molecule has 4 rings (SSSR count). The van der Waals surface area contributed by atoms with Crippen LogP contribution in [0.4, 0.5) is 20.7 Å². The van der Waals surface area contributed by atoms with Gasteiger partial charge in [-0.05, 0) is 52.0 Å². The van der Waals surface area contributed by atoms with E-state index in [1.54, 1.807) is 37.4 Å². The molecule has 1 saturated heterocycles. The van der Waals surface area contributed by atoms with Crippen LogP contribution in [0.15, 0.2) is 36.7 Å². The van der Waals surface area contributed by atoms with Gasteiger partial charge < -0.3 is 29.7 Å². The Bertz CT molecular complexity index is 1390. The fraction of sp³-hybridized carbons (Fsp3) is 0.393. The lowest BCUT2D eigenvalue weighted by Crippen LogP contribution is -2.50. The third-order valence-electron chi connectivity index (χ3n) is 6.31. The molecule has 1 amide bonds. The van der Waals surface area contributed by atoms with Gasteiger partial charge >= 0.3 is 6.09 Å². The first-order valence-corrected chi connectivity index (χ1v) is 13.5. The lowest BCUT2D eigenvalue weighted by Gasteiger charge is -2.37. The van der Waals surface area contributed by atoms with E-state index in [0.717, 1.165) is 5.69 Å². The van der Waals surface area contributed by atoms with Gasteiger partial charge in [0.2, 0.25) is 0 Å². The second kappa shape index (κ2) is 11.9. The molecule has 1 fully saturated rings. The minimum absolute atomic E-state index is 0.115. The van der Waals surface area contributed by atoms with Gasteiger partial charge in [0.1, 0.15) is 17.5 Å². The zero-order valence-corrected chi connectivity index (χ0v) is 24.5. The lowest BCUT2D eigenvalue weighted by molar-refractivity contribution is 0.0240. The fourth-order valence-electron chi connectivity index (χ4n) is 4.31. The minimum atomic E-state index is -0.712. The highest BCUT2D eigenvalue weighted by Gasteiger charge is 2.27. The van der Waals surface area contributed by atoms with Crippen molar-refractivity contribution in [2.45, 2.75) is 39.4 Å². The zero-order valence-electron chi connectivity index (χ0n) is 23.0. The largest absolute Gasteiger partial charge is 0.493 e. The summed E-state index contributed by atoms with van der Waals surface area (Å²) in [4.78, 5) is 25.1. The quantitative estimate of drug-likeness (QED) is 0.329. The Morgan fingerprint density at radius 2 is 1.77 bits per heavy atom. The maximum Gasteiger partial charge on any atom is 0.410 e. The van der Waals surface area contributed by atoms with Crippen molar-refractivity contribution in [1.29, 1.82) is 0 Å². The smallest absolute Gasteiger partial charge is 0.410 e. The van der Waals surface area contributed by atoms with Crippen LogP contribution in [0.1, 0.15) is 39.4 Å². The predicted molar refractivity (Wildman–Crippen MR) is 154 cm³/mol. The van der Waals surface area contributed by atoms with Gasteiger partial charge in [0.15, 0.2) is 17.3 Å². The van der Waals surface area contributed by atoms with Crippen molar-refractivity contribution in [2.24, 2.45) is 0 Å². The number of carbonyl (C=O) groups excluding carboxylic acids is 1. The highest BCUT2D eigenvalue weighted by atomic mass is 35.5. The molecule has 1 aromatic carbocycles. The summed E-state index contributed by atoms with van der Waals surface area (Å²) in [6.45, 7) is 9.40. The van der Waals surface area contributed by atoms with Crippen molar-refractivity contribution >= 4 is 40.8 Å². The van der Waals surface area contributed by atoms with Gasteiger partial charge in [-0.1, -0.05) is 23.2 Å². The molecule has 3 aromatic rings. The number of nitrogen functional groups attached to an aromatic ring is 1. The average molecular weight is 592 g/mol. The second-order valence-electron chi connectivity index (χ2n) is 10.3. The number of nitrogens with two attached hydrogens (primary N) is 1. The highest BCUT2D eigenvalue weighted by molar-refractivity contribution is 6.36. The third kappa shape index (κ3) is 6.62. The van der Waals surface area contributed by atoms with Crippen molar-refractivity contribution in [3.63, 3.8) is 0 Å². The zero-order chi connectivity index (χ0) is 29.2. The summed E-state index contributed by atoms with van der Waals surface area (Å²) in [5, 5.41) is 0.158. The van der Waals surface area contributed by atoms with Crippen LogP contribution in [0.5, 0.6) is 11.5 Å². The number of rotatable bonds is 6. The Balaban J connectivity index is 1.56. The molecule has 2 aromatic heterocycles. The number of aromatic nitrogens is 2. The second-order valence-corrected chi connectivity index (χ2v) is 11.1. The number of benzene rings is 1. The van der Waals surface area contributed by atoms with Crippen LogP contribution in [0.25, 0.3) is 11.3 Å². The first-order valence-electron chi connectivity index (χ1n) is 12.7. The Labute approximate surface area is 242 Å². The Kier molecular flexibility index (Phi) is 8.80. The fourth-order valence-corrected chi connectivity index (χ4v) is 4.98. The number of amides is 1. The first kappa shape index (κ1) is 29.5. The van der Waals surface area contributed by atoms with Crippen molar-refractivity contribution in [2.75, 3.05) is 43.9 Å². The van der Waals surface area contributed by atoms with Gasteiger partial charge in [-0.15, -0.1) is 0 Å². The standard InChI is InChI=1S/C28H32Cl2FN5O4/c1-16(24-18(29)6-7-19(31)25(24)30)39-22-12-17(14-34-26(22)32)20-13-21(23(38-5)15-33-20)35-8-10-36(11-9-35)27(37)40-28(2,3)4/h6-7,12-16H,8-11H2,1-5H3,(H2,32,34)/t16-/m1/s1. The molecule has 0 unspecified atom stereocenters. The van der Waals surface area contributed by atoms with Crippen molar-refractivity contribution < 1.29 is 23.4 Å². The summed E-state index contributed by atoms with van der Waals surface area (Å²) in [7, 11) is 1.58. The van der Waals surface area contributed by atoms with E-state index < -0.39 is 17.5 Å². The Morgan fingerprint density at radius 1 is 1.07 bits per heavy atom. The first-order chi connectivity index (χ1) is 18.9. The molecule has 3 heterocycles. The van der Waals surface area contributed by atoms with Crippen LogP contribution >= 0.6 is 23.2 Å². The molecule has 1 aliphatic heterocycles. The molecule has 214 valence electrons. The van der Waals surface area contributed by atoms with Crippen molar-refractivity contribution in [3.05, 3.63) is 58.1 Å². The molecular formula is C28H32Cl2FN5O4. The van der Waals surface area contributed by atoms with E-state index in [9.17, 15) is 9.18 Å². The molecule has 0 saturated carbocycles. The van der Waals surface area contributed by atoms with Crippen LogP contribution in [0.2, 0.25) is 10.0 Å². The van der Waals surface area contributed by atoms with Crippen LogP contribution in [0, 0.1) is 5.82 Å². The topological polar surface area (TPSA) is 103 Å². The van der Waals surface area contributed by atoms with Gasteiger partial charge in [-0.25, -0.2) is 14.2 Å². The van der Waals surface area contributed by atoms with E-state index in [-0.39, 0.29) is 27.7 Å². The number of halogens is 3. The molecule has 9 nitrogen and oxygen atoms in total. The maximum absolute atomic E-state index is 14.1. The molecule has 1 atom stereocenters. The van der Waals surface area contributed by atoms with E-state index >= 15 is 0 Å². The van der Waals surface area contributed by atoms with E-state index in [1.165, 1.54) is 12.1 Å². The SMILES string of the molecule is COc1cnc(-c2cnc(N)c(O[C@H](C)c3c(Cl)ccc(F)c3Cl)c2)cc1N1CCN(C(=O)OC(C)(C)C)CC1. The van der Waals surface area contributed by atoms with Crippen LogP contribution in [-0.2, 0) is 4.74 Å². The summed E-state index contributed by atoms with van der Waals surface area (Å²) in [5.74, 6) is 0.411. The van der Waals surface area contributed by atoms with Gasteiger partial charge in [0.25, 0.3) is 0 Å². The number of carbonyl (C=O) groups is 1. The molecular weight excluding hydrogens is 560 g/mol. The molecule has 2 N–H and O–H groups in total. The average Bonchev–Trinajstić information content (AvgIpc) is 2.91.